The van der Waals surface area contributed by atoms with Crippen molar-refractivity contribution in [2.24, 2.45) is 17.6 Å². The summed E-state index contributed by atoms with van der Waals surface area (Å²) in [7, 11) is 3.29. The van der Waals surface area contributed by atoms with Gasteiger partial charge in [0.2, 0.25) is 29.5 Å². The summed E-state index contributed by atoms with van der Waals surface area (Å²) in [5, 5.41) is 18.4. The molecule has 1 aliphatic rings. The quantitative estimate of drug-likeness (QED) is 0.242. The zero-order valence-corrected chi connectivity index (χ0v) is 29.9. The Bertz CT molecular complexity index is 1450. The third-order valence-electron chi connectivity index (χ3n) is 8.74. The van der Waals surface area contributed by atoms with Crippen molar-refractivity contribution in [2.75, 3.05) is 20.6 Å². The molecule has 268 valence electrons. The lowest BCUT2D eigenvalue weighted by Crippen LogP contribution is -2.63. The van der Waals surface area contributed by atoms with Crippen molar-refractivity contribution in [2.45, 2.75) is 96.4 Å². The van der Waals surface area contributed by atoms with E-state index in [1.807, 2.05) is 44.2 Å². The average Bonchev–Trinajstić information content (AvgIpc) is 3.02. The first kappa shape index (κ1) is 39.0. The smallest absolute Gasteiger partial charge is 0.246 e. The van der Waals surface area contributed by atoms with Crippen LogP contribution in [-0.2, 0) is 36.8 Å². The number of carbonyl (C=O) groups is 5. The number of nitrogens with zero attached hydrogens (tertiary/aromatic N) is 2. The van der Waals surface area contributed by atoms with Crippen molar-refractivity contribution in [3.63, 3.8) is 0 Å². The Kier molecular flexibility index (Phi) is 13.8. The maximum absolute atomic E-state index is 14.5. The predicted molar refractivity (Wildman–Crippen MR) is 188 cm³/mol. The molecule has 0 saturated carbocycles. The maximum atomic E-state index is 14.5. The van der Waals surface area contributed by atoms with Gasteiger partial charge in [-0.05, 0) is 69.2 Å². The number of aromatic hydroxyl groups is 1. The van der Waals surface area contributed by atoms with Crippen molar-refractivity contribution >= 4 is 29.5 Å². The fourth-order valence-electron chi connectivity index (χ4n) is 6.16. The van der Waals surface area contributed by atoms with Crippen LogP contribution < -0.4 is 21.7 Å². The molecule has 12 nitrogen and oxygen atoms in total. The standard InChI is InChI=1S/C37H54N6O6/c1-23(2)19-31(36(49)42(6)7)43-22-37(4,5)41-33(46)28(24(3)39-34(47)29(38)20-26-13-15-27(44)16-14-26)17-18-32(45)40-30(35(43)48)21-25-11-9-8-10-12-25/h8-16,23-24,28-31,44H,17-22,38H2,1-7H3,(H,39,47)(H,40,45)(H,41,46)/t24-,28-,29-,30-,31-/m0/s1. The van der Waals surface area contributed by atoms with E-state index in [0.717, 1.165) is 11.1 Å². The molecule has 1 heterocycles. The fourth-order valence-corrected chi connectivity index (χ4v) is 6.16. The lowest BCUT2D eigenvalue weighted by atomic mass is 9.90. The van der Waals surface area contributed by atoms with Crippen LogP contribution in [0.15, 0.2) is 54.6 Å². The molecule has 5 atom stereocenters. The molecule has 3 rings (SSSR count). The summed E-state index contributed by atoms with van der Waals surface area (Å²) in [5.74, 6) is -2.56. The van der Waals surface area contributed by atoms with Gasteiger partial charge in [-0.15, -0.1) is 0 Å². The Morgan fingerprint density at radius 2 is 1.65 bits per heavy atom. The van der Waals surface area contributed by atoms with Gasteiger partial charge in [-0.3, -0.25) is 24.0 Å². The number of amides is 5. The van der Waals surface area contributed by atoms with Crippen LogP contribution in [0.4, 0.5) is 0 Å². The molecule has 0 bridgehead atoms. The second-order valence-electron chi connectivity index (χ2n) is 14.4. The molecule has 2 aromatic rings. The van der Waals surface area contributed by atoms with E-state index in [9.17, 15) is 29.1 Å². The summed E-state index contributed by atoms with van der Waals surface area (Å²) in [6.45, 7) is 9.24. The van der Waals surface area contributed by atoms with Crippen LogP contribution in [0.1, 0.15) is 65.0 Å². The number of benzene rings is 2. The van der Waals surface area contributed by atoms with E-state index in [1.165, 1.54) is 21.9 Å². The van der Waals surface area contributed by atoms with Gasteiger partial charge in [0.15, 0.2) is 0 Å². The molecular formula is C37H54N6O6. The summed E-state index contributed by atoms with van der Waals surface area (Å²) < 4.78 is 0. The molecule has 6 N–H and O–H groups in total. The lowest BCUT2D eigenvalue weighted by Gasteiger charge is -2.41. The molecule has 0 aliphatic carbocycles. The van der Waals surface area contributed by atoms with E-state index < -0.39 is 59.3 Å². The van der Waals surface area contributed by atoms with Crippen LogP contribution >= 0.6 is 0 Å². The average molecular weight is 679 g/mol. The monoisotopic (exact) mass is 678 g/mol. The SMILES string of the molecule is CC(C)C[C@@H](C(=O)N(C)C)N1CC(C)(C)NC(=O)[C@H]([C@H](C)NC(=O)[C@@H](N)Cc2ccc(O)cc2)CCC(=O)N[C@@H](Cc2ccccc2)C1=O. The van der Waals surface area contributed by atoms with Gasteiger partial charge >= 0.3 is 0 Å². The zero-order valence-electron chi connectivity index (χ0n) is 29.9. The summed E-state index contributed by atoms with van der Waals surface area (Å²) in [6, 6.07) is 12.4. The molecule has 12 heteroatoms. The van der Waals surface area contributed by atoms with Crippen LogP contribution in [0.25, 0.3) is 0 Å². The molecule has 1 saturated heterocycles. The van der Waals surface area contributed by atoms with E-state index in [0.29, 0.717) is 6.42 Å². The normalized spacial score (nSPS) is 20.6. The van der Waals surface area contributed by atoms with E-state index >= 15 is 0 Å². The first-order chi connectivity index (χ1) is 23.0. The Hall–Kier alpha value is -4.45. The van der Waals surface area contributed by atoms with Crippen LogP contribution in [0.5, 0.6) is 5.75 Å². The minimum Gasteiger partial charge on any atom is -0.508 e. The van der Waals surface area contributed by atoms with Crippen molar-refractivity contribution in [3.05, 3.63) is 65.7 Å². The molecule has 0 aromatic heterocycles. The van der Waals surface area contributed by atoms with Gasteiger partial charge in [0.25, 0.3) is 0 Å². The van der Waals surface area contributed by atoms with Crippen LogP contribution in [-0.4, -0.2) is 94.8 Å². The van der Waals surface area contributed by atoms with Crippen LogP contribution in [0, 0.1) is 11.8 Å². The maximum Gasteiger partial charge on any atom is 0.246 e. The number of carbonyl (C=O) groups excluding carboxylic acids is 5. The molecule has 1 fully saturated rings. The van der Waals surface area contributed by atoms with Crippen molar-refractivity contribution < 1.29 is 29.1 Å². The number of rotatable bonds is 11. The van der Waals surface area contributed by atoms with Crippen molar-refractivity contribution in [3.8, 4) is 5.75 Å². The van der Waals surface area contributed by atoms with E-state index in [2.05, 4.69) is 16.0 Å². The molecule has 0 radical (unpaired) electrons. The van der Waals surface area contributed by atoms with Crippen LogP contribution in [0.3, 0.4) is 0 Å². The highest BCUT2D eigenvalue weighted by Gasteiger charge is 2.41. The molecule has 49 heavy (non-hydrogen) atoms. The number of nitrogens with two attached hydrogens (primary N) is 1. The van der Waals surface area contributed by atoms with Gasteiger partial charge in [-0.25, -0.2) is 0 Å². The van der Waals surface area contributed by atoms with Crippen molar-refractivity contribution in [1.29, 1.82) is 0 Å². The fraction of sp³-hybridized carbons (Fsp3) is 0.541. The summed E-state index contributed by atoms with van der Waals surface area (Å²) in [5.41, 5.74) is 6.83. The zero-order chi connectivity index (χ0) is 36.5. The minimum atomic E-state index is -0.994. The molecule has 2 aromatic carbocycles. The molecular weight excluding hydrogens is 624 g/mol. The second-order valence-corrected chi connectivity index (χ2v) is 14.4. The third kappa shape index (κ3) is 11.6. The number of phenols is 1. The molecule has 1 aliphatic heterocycles. The second kappa shape index (κ2) is 17.3. The Morgan fingerprint density at radius 3 is 2.24 bits per heavy atom. The highest BCUT2D eigenvalue weighted by Crippen LogP contribution is 2.23. The largest absolute Gasteiger partial charge is 0.508 e. The van der Waals surface area contributed by atoms with Gasteiger partial charge in [-0.1, -0.05) is 56.3 Å². The van der Waals surface area contributed by atoms with Crippen LogP contribution in [0.2, 0.25) is 0 Å². The van der Waals surface area contributed by atoms with Gasteiger partial charge < -0.3 is 36.6 Å². The highest BCUT2D eigenvalue weighted by atomic mass is 16.3. The summed E-state index contributed by atoms with van der Waals surface area (Å²) in [4.78, 5) is 71.6. The molecule has 0 spiro atoms. The van der Waals surface area contributed by atoms with E-state index in [4.69, 9.17) is 5.73 Å². The number of likely N-dealkylation sites (N-methyl/N-ethyl adjacent to an activating group) is 1. The highest BCUT2D eigenvalue weighted by molar-refractivity contribution is 5.93. The van der Waals surface area contributed by atoms with Gasteiger partial charge in [0, 0.05) is 39.5 Å². The Labute approximate surface area is 290 Å². The molecule has 5 amide bonds. The summed E-state index contributed by atoms with van der Waals surface area (Å²) in [6.07, 6.45) is 0.848. The molecule has 0 unspecified atom stereocenters. The number of hydrogen-bond donors (Lipinski definition) is 5. The minimum absolute atomic E-state index is 0.000659. The third-order valence-corrected chi connectivity index (χ3v) is 8.74. The number of hydrogen-bond acceptors (Lipinski definition) is 7. The van der Waals surface area contributed by atoms with Gasteiger partial charge in [-0.2, -0.15) is 0 Å². The van der Waals surface area contributed by atoms with E-state index in [-0.39, 0.29) is 49.8 Å². The first-order valence-corrected chi connectivity index (χ1v) is 17.0. The topological polar surface area (TPSA) is 174 Å². The first-order valence-electron chi connectivity index (χ1n) is 17.0. The Balaban J connectivity index is 1.94. The lowest BCUT2D eigenvalue weighted by molar-refractivity contribution is -0.148. The van der Waals surface area contributed by atoms with Crippen molar-refractivity contribution in [1.82, 2.24) is 25.8 Å². The number of phenolic OH excluding ortho intramolecular Hbond substituents is 1. The Morgan fingerprint density at radius 1 is 1.02 bits per heavy atom. The predicted octanol–water partition coefficient (Wildman–Crippen LogP) is 2.13. The van der Waals surface area contributed by atoms with Gasteiger partial charge in [0.05, 0.1) is 17.5 Å². The van der Waals surface area contributed by atoms with Gasteiger partial charge in [0.1, 0.15) is 17.8 Å². The van der Waals surface area contributed by atoms with E-state index in [1.54, 1.807) is 47.0 Å². The number of nitrogens with one attached hydrogen (secondary N) is 3. The summed E-state index contributed by atoms with van der Waals surface area (Å²) >= 11 is 0.